The molecule has 14 heavy (non-hydrogen) atoms. The molecule has 0 unspecified atom stereocenters. The summed E-state index contributed by atoms with van der Waals surface area (Å²) in [6, 6.07) is 3.33. The summed E-state index contributed by atoms with van der Waals surface area (Å²) in [5, 5.41) is 2.80. The van der Waals surface area contributed by atoms with Crippen LogP contribution in [-0.4, -0.2) is 11.4 Å². The molecule has 0 aliphatic carbocycles. The van der Waals surface area contributed by atoms with Gasteiger partial charge in [0.15, 0.2) is 5.76 Å². The van der Waals surface area contributed by atoms with Crippen molar-refractivity contribution in [2.75, 3.05) is 0 Å². The Morgan fingerprint density at radius 3 is 2.57 bits per heavy atom. The van der Waals surface area contributed by atoms with Gasteiger partial charge in [-0.25, -0.2) is 0 Å². The second-order valence-electron chi connectivity index (χ2n) is 4.17. The predicted molar refractivity (Wildman–Crippen MR) is 53.8 cm³/mol. The van der Waals surface area contributed by atoms with E-state index in [2.05, 4.69) is 5.32 Å². The van der Waals surface area contributed by atoms with Crippen LogP contribution in [0.4, 0.5) is 0 Å². The third-order valence-corrected chi connectivity index (χ3v) is 1.58. The predicted octanol–water partition coefficient (Wildman–Crippen LogP) is 1.27. The Morgan fingerprint density at radius 2 is 2.14 bits per heavy atom. The number of carbonyl (C=O) groups excluding carboxylic acids is 1. The second kappa shape index (κ2) is 3.84. The van der Waals surface area contributed by atoms with Crippen LogP contribution >= 0.6 is 0 Å². The van der Waals surface area contributed by atoms with Crippen LogP contribution in [-0.2, 0) is 6.54 Å². The van der Waals surface area contributed by atoms with Gasteiger partial charge in [0.1, 0.15) is 5.76 Å². The van der Waals surface area contributed by atoms with E-state index < -0.39 is 0 Å². The van der Waals surface area contributed by atoms with E-state index >= 15 is 0 Å². The van der Waals surface area contributed by atoms with Gasteiger partial charge in [-0.1, -0.05) is 0 Å². The normalized spacial score (nSPS) is 11.4. The summed E-state index contributed by atoms with van der Waals surface area (Å²) in [7, 11) is 0. The molecule has 0 spiro atoms. The number of hydrogen-bond acceptors (Lipinski definition) is 3. The van der Waals surface area contributed by atoms with Crippen molar-refractivity contribution >= 4 is 5.91 Å². The Bertz CT molecular complexity index is 323. The van der Waals surface area contributed by atoms with E-state index in [4.69, 9.17) is 10.2 Å². The van der Waals surface area contributed by atoms with Gasteiger partial charge in [-0.2, -0.15) is 0 Å². The standard InChI is InChI=1S/C10H16N2O2/c1-10(2,3)12-9(13)8-5-4-7(6-11)14-8/h4-5H,6,11H2,1-3H3,(H,12,13). The zero-order valence-electron chi connectivity index (χ0n) is 8.76. The lowest BCUT2D eigenvalue weighted by molar-refractivity contribution is 0.0889. The molecule has 1 rings (SSSR count). The summed E-state index contributed by atoms with van der Waals surface area (Å²) in [5.74, 6) is 0.710. The van der Waals surface area contributed by atoms with Gasteiger partial charge in [-0.05, 0) is 32.9 Å². The average Bonchev–Trinajstić information content (AvgIpc) is 2.48. The lowest BCUT2D eigenvalue weighted by Crippen LogP contribution is -2.40. The first-order valence-corrected chi connectivity index (χ1v) is 4.53. The number of carbonyl (C=O) groups is 1. The summed E-state index contributed by atoms with van der Waals surface area (Å²) in [4.78, 5) is 11.5. The Morgan fingerprint density at radius 1 is 1.50 bits per heavy atom. The molecule has 1 heterocycles. The molecule has 0 aromatic carbocycles. The van der Waals surface area contributed by atoms with E-state index in [1.54, 1.807) is 12.1 Å². The smallest absolute Gasteiger partial charge is 0.287 e. The Hall–Kier alpha value is -1.29. The van der Waals surface area contributed by atoms with Crippen LogP contribution in [0.3, 0.4) is 0 Å². The van der Waals surface area contributed by atoms with Crippen LogP contribution in [0, 0.1) is 0 Å². The second-order valence-corrected chi connectivity index (χ2v) is 4.17. The molecule has 0 atom stereocenters. The molecule has 0 aliphatic heterocycles. The lowest BCUT2D eigenvalue weighted by atomic mass is 10.1. The quantitative estimate of drug-likeness (QED) is 0.748. The molecule has 0 fully saturated rings. The summed E-state index contributed by atoms with van der Waals surface area (Å²) in [6.45, 7) is 6.05. The summed E-state index contributed by atoms with van der Waals surface area (Å²) >= 11 is 0. The van der Waals surface area contributed by atoms with Crippen molar-refractivity contribution in [1.29, 1.82) is 0 Å². The van der Waals surface area contributed by atoms with E-state index in [9.17, 15) is 4.79 Å². The number of amides is 1. The minimum absolute atomic E-state index is 0.211. The molecule has 3 N–H and O–H groups in total. The molecule has 4 nitrogen and oxygen atoms in total. The topological polar surface area (TPSA) is 68.3 Å². The van der Waals surface area contributed by atoms with Gasteiger partial charge in [0.2, 0.25) is 0 Å². The van der Waals surface area contributed by atoms with Gasteiger partial charge < -0.3 is 15.5 Å². The molecule has 1 aromatic heterocycles. The van der Waals surface area contributed by atoms with E-state index in [0.717, 1.165) is 0 Å². The maximum atomic E-state index is 11.5. The van der Waals surface area contributed by atoms with Gasteiger partial charge in [0.05, 0.1) is 6.54 Å². The van der Waals surface area contributed by atoms with Crippen LogP contribution in [0.25, 0.3) is 0 Å². The highest BCUT2D eigenvalue weighted by atomic mass is 16.4. The van der Waals surface area contributed by atoms with E-state index in [1.165, 1.54) is 0 Å². The first-order chi connectivity index (χ1) is 6.42. The van der Waals surface area contributed by atoms with Gasteiger partial charge in [0, 0.05) is 5.54 Å². The fourth-order valence-corrected chi connectivity index (χ4v) is 1.01. The molecule has 4 heteroatoms. The molecule has 78 valence electrons. The Kier molecular flexibility index (Phi) is 2.96. The summed E-state index contributed by atoms with van der Waals surface area (Å²) in [5.41, 5.74) is 5.11. The van der Waals surface area contributed by atoms with Crippen LogP contribution < -0.4 is 11.1 Å². The third kappa shape index (κ3) is 2.88. The number of nitrogens with one attached hydrogen (secondary N) is 1. The largest absolute Gasteiger partial charge is 0.455 e. The van der Waals surface area contributed by atoms with Gasteiger partial charge >= 0.3 is 0 Å². The van der Waals surface area contributed by atoms with E-state index in [1.807, 2.05) is 20.8 Å². The third-order valence-electron chi connectivity index (χ3n) is 1.58. The molecule has 1 amide bonds. The molecular formula is C10H16N2O2. The van der Waals surface area contributed by atoms with Crippen molar-refractivity contribution in [3.63, 3.8) is 0 Å². The van der Waals surface area contributed by atoms with E-state index in [-0.39, 0.29) is 11.4 Å². The first kappa shape index (κ1) is 10.8. The summed E-state index contributed by atoms with van der Waals surface area (Å²) < 4.78 is 5.20. The molecule has 0 saturated heterocycles. The fraction of sp³-hybridized carbons (Fsp3) is 0.500. The molecule has 0 aliphatic rings. The number of furan rings is 1. The highest BCUT2D eigenvalue weighted by Crippen LogP contribution is 2.09. The average molecular weight is 196 g/mol. The minimum atomic E-state index is -0.257. The zero-order valence-corrected chi connectivity index (χ0v) is 8.76. The Labute approximate surface area is 83.5 Å². The van der Waals surface area contributed by atoms with Crippen molar-refractivity contribution < 1.29 is 9.21 Å². The van der Waals surface area contributed by atoms with Crippen molar-refractivity contribution in [3.05, 3.63) is 23.7 Å². The van der Waals surface area contributed by atoms with Crippen molar-refractivity contribution in [1.82, 2.24) is 5.32 Å². The van der Waals surface area contributed by atoms with Crippen LogP contribution in [0.5, 0.6) is 0 Å². The van der Waals surface area contributed by atoms with E-state index in [0.29, 0.717) is 18.1 Å². The Balaban J connectivity index is 2.70. The maximum absolute atomic E-state index is 11.5. The highest BCUT2D eigenvalue weighted by molar-refractivity contribution is 5.91. The van der Waals surface area contributed by atoms with Crippen LogP contribution in [0.1, 0.15) is 37.1 Å². The molecule has 0 bridgehead atoms. The molecule has 0 saturated carbocycles. The van der Waals surface area contributed by atoms with Gasteiger partial charge in [0.25, 0.3) is 5.91 Å². The SMILES string of the molecule is CC(C)(C)NC(=O)c1ccc(CN)o1. The maximum Gasteiger partial charge on any atom is 0.287 e. The fourth-order valence-electron chi connectivity index (χ4n) is 1.01. The van der Waals surface area contributed by atoms with Crippen molar-refractivity contribution in [2.24, 2.45) is 5.73 Å². The monoisotopic (exact) mass is 196 g/mol. The van der Waals surface area contributed by atoms with Gasteiger partial charge in [-0.3, -0.25) is 4.79 Å². The molecule has 1 aromatic rings. The highest BCUT2D eigenvalue weighted by Gasteiger charge is 2.17. The molecular weight excluding hydrogens is 180 g/mol. The minimum Gasteiger partial charge on any atom is -0.455 e. The van der Waals surface area contributed by atoms with Crippen molar-refractivity contribution in [3.8, 4) is 0 Å². The summed E-state index contributed by atoms with van der Waals surface area (Å²) in [6.07, 6.45) is 0. The number of rotatable bonds is 2. The first-order valence-electron chi connectivity index (χ1n) is 4.53. The van der Waals surface area contributed by atoms with Crippen LogP contribution in [0.2, 0.25) is 0 Å². The van der Waals surface area contributed by atoms with Gasteiger partial charge in [-0.15, -0.1) is 0 Å². The lowest BCUT2D eigenvalue weighted by Gasteiger charge is -2.19. The zero-order chi connectivity index (χ0) is 10.8. The van der Waals surface area contributed by atoms with Crippen molar-refractivity contribution in [2.45, 2.75) is 32.9 Å². The molecule has 0 radical (unpaired) electrons. The van der Waals surface area contributed by atoms with Crippen LogP contribution in [0.15, 0.2) is 16.5 Å². The number of hydrogen-bond donors (Lipinski definition) is 2. The number of nitrogens with two attached hydrogens (primary N) is 1.